The number of hydrogen-bond acceptors (Lipinski definition) is 3. The number of hydrogen-bond donors (Lipinski definition) is 0. The molecule has 104 valence electrons. The molecule has 0 radical (unpaired) electrons. The summed E-state index contributed by atoms with van der Waals surface area (Å²) in [6, 6.07) is 0. The molecule has 0 saturated heterocycles. The second-order valence-corrected chi connectivity index (χ2v) is 7.32. The lowest BCUT2D eigenvalue weighted by Gasteiger charge is -2.14. The van der Waals surface area contributed by atoms with E-state index in [9.17, 15) is 8.42 Å². The Morgan fingerprint density at radius 3 is 2.35 bits per heavy atom. The first kappa shape index (κ1) is 17.2. The number of rotatable bonds is 11. The Balaban J connectivity index is 3.70. The molecule has 0 aliphatic rings. The summed E-state index contributed by atoms with van der Waals surface area (Å²) in [6.07, 6.45) is 6.49. The van der Waals surface area contributed by atoms with Gasteiger partial charge in [0, 0.05) is 17.3 Å². The van der Waals surface area contributed by atoms with Crippen molar-refractivity contribution in [1.82, 2.24) is 0 Å². The Labute approximate surface area is 110 Å². The van der Waals surface area contributed by atoms with Gasteiger partial charge in [0.05, 0.1) is 12.4 Å². The summed E-state index contributed by atoms with van der Waals surface area (Å²) in [7, 11) is 1.86. The molecule has 0 aliphatic carbocycles. The van der Waals surface area contributed by atoms with Crippen LogP contribution >= 0.6 is 10.7 Å². The Kier molecular flexibility index (Phi) is 10.3. The normalized spacial score (nSPS) is 13.8. The molecule has 1 atom stereocenters. The minimum absolute atomic E-state index is 0.0252. The van der Waals surface area contributed by atoms with Crippen LogP contribution in [0.5, 0.6) is 0 Å². The van der Waals surface area contributed by atoms with E-state index in [1.165, 1.54) is 19.3 Å². The molecule has 17 heavy (non-hydrogen) atoms. The molecule has 1 unspecified atom stereocenters. The Morgan fingerprint density at radius 1 is 1.12 bits per heavy atom. The second kappa shape index (κ2) is 10.2. The largest absolute Gasteiger partial charge is 0.381 e. The molecule has 0 fully saturated rings. The number of halogens is 1. The summed E-state index contributed by atoms with van der Waals surface area (Å²) in [5, 5.41) is 0. The molecule has 0 spiro atoms. The van der Waals surface area contributed by atoms with Gasteiger partial charge in [-0.25, -0.2) is 8.42 Å². The van der Waals surface area contributed by atoms with E-state index in [1.807, 2.05) is 6.92 Å². The summed E-state index contributed by atoms with van der Waals surface area (Å²) in [6.45, 7) is 5.44. The summed E-state index contributed by atoms with van der Waals surface area (Å²) in [4.78, 5) is 0. The lowest BCUT2D eigenvalue weighted by Crippen LogP contribution is -2.18. The van der Waals surface area contributed by atoms with E-state index in [1.54, 1.807) is 0 Å². The highest BCUT2D eigenvalue weighted by Crippen LogP contribution is 2.13. The van der Waals surface area contributed by atoms with Gasteiger partial charge < -0.3 is 4.74 Å². The van der Waals surface area contributed by atoms with Crippen molar-refractivity contribution in [2.75, 3.05) is 19.0 Å². The smallest absolute Gasteiger partial charge is 0.232 e. The van der Waals surface area contributed by atoms with E-state index >= 15 is 0 Å². The zero-order chi connectivity index (χ0) is 13.1. The van der Waals surface area contributed by atoms with Crippen LogP contribution in [-0.4, -0.2) is 27.4 Å². The van der Waals surface area contributed by atoms with Crippen molar-refractivity contribution in [3.05, 3.63) is 0 Å². The third-order valence-electron chi connectivity index (χ3n) is 2.63. The highest BCUT2D eigenvalue weighted by Gasteiger charge is 2.16. The van der Waals surface area contributed by atoms with Crippen molar-refractivity contribution in [1.29, 1.82) is 0 Å². The first-order valence-corrected chi connectivity index (χ1v) is 8.97. The molecule has 0 heterocycles. The lowest BCUT2D eigenvalue weighted by molar-refractivity contribution is 0.0993. The quantitative estimate of drug-likeness (QED) is 0.430. The molecule has 3 nitrogen and oxygen atoms in total. The van der Waals surface area contributed by atoms with Crippen molar-refractivity contribution in [3.8, 4) is 0 Å². The van der Waals surface area contributed by atoms with E-state index in [0.717, 1.165) is 25.9 Å². The average Bonchev–Trinajstić information content (AvgIpc) is 2.21. The minimum Gasteiger partial charge on any atom is -0.381 e. The summed E-state index contributed by atoms with van der Waals surface area (Å²) in [5.74, 6) is 0.0610. The molecule has 0 aromatic rings. The molecule has 0 saturated carbocycles. The van der Waals surface area contributed by atoms with Crippen LogP contribution in [0.2, 0.25) is 0 Å². The summed E-state index contributed by atoms with van der Waals surface area (Å²) >= 11 is 0. The maximum Gasteiger partial charge on any atom is 0.232 e. The van der Waals surface area contributed by atoms with E-state index in [2.05, 4.69) is 6.92 Å². The van der Waals surface area contributed by atoms with E-state index in [-0.39, 0.29) is 11.7 Å². The maximum absolute atomic E-state index is 11.0. The highest BCUT2D eigenvalue weighted by atomic mass is 35.7. The van der Waals surface area contributed by atoms with Crippen molar-refractivity contribution in [2.24, 2.45) is 5.92 Å². The third-order valence-corrected chi connectivity index (χ3v) is 3.88. The van der Waals surface area contributed by atoms with Crippen LogP contribution in [0.1, 0.15) is 52.4 Å². The fourth-order valence-corrected chi connectivity index (χ4v) is 3.15. The van der Waals surface area contributed by atoms with Gasteiger partial charge in [-0.05, 0) is 18.8 Å². The van der Waals surface area contributed by atoms with Crippen LogP contribution in [0.15, 0.2) is 0 Å². The Morgan fingerprint density at radius 2 is 1.82 bits per heavy atom. The van der Waals surface area contributed by atoms with Crippen LogP contribution < -0.4 is 0 Å². The first-order valence-electron chi connectivity index (χ1n) is 6.49. The molecule has 5 heteroatoms. The standard InChI is InChI=1S/C12H25ClO3S/c1-3-5-6-7-9-16-10-12(8-4-2)11-17(13,14)15/h12H,3-11H2,1-2H3. The SMILES string of the molecule is CCCCCCOCC(CCC)CS(=O)(=O)Cl. The fraction of sp³-hybridized carbons (Fsp3) is 1.00. The zero-order valence-electron chi connectivity index (χ0n) is 11.0. The third kappa shape index (κ3) is 12.4. The van der Waals surface area contributed by atoms with E-state index in [4.69, 9.17) is 15.4 Å². The molecular weight excluding hydrogens is 260 g/mol. The number of unbranched alkanes of at least 4 members (excludes halogenated alkanes) is 3. The van der Waals surface area contributed by atoms with Crippen LogP contribution in [0.3, 0.4) is 0 Å². The van der Waals surface area contributed by atoms with E-state index < -0.39 is 9.05 Å². The van der Waals surface area contributed by atoms with Crippen LogP contribution in [-0.2, 0) is 13.8 Å². The predicted molar refractivity (Wildman–Crippen MR) is 73.0 cm³/mol. The monoisotopic (exact) mass is 284 g/mol. The zero-order valence-corrected chi connectivity index (χ0v) is 12.5. The van der Waals surface area contributed by atoms with Gasteiger partial charge in [-0.3, -0.25) is 0 Å². The molecular formula is C12H25ClO3S. The molecule has 0 aromatic heterocycles. The van der Waals surface area contributed by atoms with Crippen molar-refractivity contribution in [2.45, 2.75) is 52.4 Å². The highest BCUT2D eigenvalue weighted by molar-refractivity contribution is 8.13. The van der Waals surface area contributed by atoms with Crippen molar-refractivity contribution < 1.29 is 13.2 Å². The van der Waals surface area contributed by atoms with Gasteiger partial charge in [-0.2, -0.15) is 0 Å². The van der Waals surface area contributed by atoms with E-state index in [0.29, 0.717) is 6.61 Å². The summed E-state index contributed by atoms with van der Waals surface area (Å²) in [5.41, 5.74) is 0. The molecule has 0 bridgehead atoms. The molecule has 0 aromatic carbocycles. The van der Waals surface area contributed by atoms with Gasteiger partial charge in [-0.1, -0.05) is 39.5 Å². The fourth-order valence-electron chi connectivity index (χ4n) is 1.79. The van der Waals surface area contributed by atoms with Gasteiger partial charge in [0.1, 0.15) is 0 Å². The van der Waals surface area contributed by atoms with Crippen LogP contribution in [0.25, 0.3) is 0 Å². The van der Waals surface area contributed by atoms with Gasteiger partial charge in [-0.15, -0.1) is 0 Å². The molecule has 0 rings (SSSR count). The van der Waals surface area contributed by atoms with Gasteiger partial charge in [0.2, 0.25) is 9.05 Å². The topological polar surface area (TPSA) is 43.4 Å². The van der Waals surface area contributed by atoms with Gasteiger partial charge in [0.15, 0.2) is 0 Å². The van der Waals surface area contributed by atoms with Crippen LogP contribution in [0, 0.1) is 5.92 Å². The maximum atomic E-state index is 11.0. The van der Waals surface area contributed by atoms with Crippen molar-refractivity contribution in [3.63, 3.8) is 0 Å². The van der Waals surface area contributed by atoms with Gasteiger partial charge in [0.25, 0.3) is 0 Å². The summed E-state index contributed by atoms with van der Waals surface area (Å²) < 4.78 is 27.5. The average molecular weight is 285 g/mol. The number of ether oxygens (including phenoxy) is 1. The van der Waals surface area contributed by atoms with Crippen LogP contribution in [0.4, 0.5) is 0 Å². The lowest BCUT2D eigenvalue weighted by atomic mass is 10.1. The minimum atomic E-state index is -3.40. The first-order chi connectivity index (χ1) is 7.99. The Hall–Kier alpha value is 0.200. The Bertz CT molecular complexity index is 265. The molecule has 0 N–H and O–H groups in total. The second-order valence-electron chi connectivity index (χ2n) is 4.50. The predicted octanol–water partition coefficient (Wildman–Crippen LogP) is 3.57. The molecule has 0 aliphatic heterocycles. The van der Waals surface area contributed by atoms with Gasteiger partial charge >= 0.3 is 0 Å². The van der Waals surface area contributed by atoms with Crippen molar-refractivity contribution >= 4 is 19.7 Å². The molecule has 0 amide bonds.